The molecule has 0 atom stereocenters. The van der Waals surface area contributed by atoms with Crippen molar-refractivity contribution < 1.29 is 42.1 Å². The predicted molar refractivity (Wildman–Crippen MR) is 195 cm³/mol. The Morgan fingerprint density at radius 2 is 1.75 bits per heavy atom. The monoisotopic (exact) mass is 732 g/mol. The summed E-state index contributed by atoms with van der Waals surface area (Å²) in [5.41, 5.74) is 8.84. The number of aldehydes is 1. The van der Waals surface area contributed by atoms with Crippen molar-refractivity contribution in [3.63, 3.8) is 0 Å². The van der Waals surface area contributed by atoms with E-state index in [-0.39, 0.29) is 93.6 Å². The van der Waals surface area contributed by atoms with Gasteiger partial charge in [-0.15, -0.1) is 0 Å². The van der Waals surface area contributed by atoms with Crippen LogP contribution in [0.3, 0.4) is 0 Å². The van der Waals surface area contributed by atoms with Gasteiger partial charge in [-0.25, -0.2) is 13.4 Å². The first-order chi connectivity index (χ1) is 24.5. The van der Waals surface area contributed by atoms with E-state index >= 15 is 0 Å². The molecule has 16 heteroatoms. The Kier molecular flexibility index (Phi) is 19.0. The number of ether oxygens (including phenoxy) is 3. The number of aliphatic hydroxyl groups is 1. The lowest BCUT2D eigenvalue weighted by molar-refractivity contribution is -0.122. The molecule has 0 spiro atoms. The van der Waals surface area contributed by atoms with Crippen LogP contribution in [-0.2, 0) is 40.4 Å². The Bertz CT molecular complexity index is 1590. The summed E-state index contributed by atoms with van der Waals surface area (Å²) in [5.74, 6) is -0.544. The zero-order chi connectivity index (χ0) is 37.8. The Morgan fingerprint density at radius 1 is 1.08 bits per heavy atom. The molecule has 0 radical (unpaired) electrons. The summed E-state index contributed by atoms with van der Waals surface area (Å²) in [6.07, 6.45) is 0.874. The zero-order valence-electron chi connectivity index (χ0n) is 30.1. The van der Waals surface area contributed by atoms with Gasteiger partial charge >= 0.3 is 0 Å². The first-order valence-electron chi connectivity index (χ1n) is 16.7. The molecular formula is C35H52N6O9S. The summed E-state index contributed by atoms with van der Waals surface area (Å²) in [5, 5.41) is 15.5. The van der Waals surface area contributed by atoms with Crippen LogP contribution < -0.4 is 26.4 Å². The van der Waals surface area contributed by atoms with Crippen LogP contribution in [0.4, 0.5) is 5.69 Å². The van der Waals surface area contributed by atoms with E-state index in [0.29, 0.717) is 35.5 Å². The van der Waals surface area contributed by atoms with Gasteiger partial charge in [-0.2, -0.15) is 4.31 Å². The average molecular weight is 733 g/mol. The number of carbonyl (C=O) groups is 3. The average Bonchev–Trinajstić information content (AvgIpc) is 3.10. The number of nitrogens with two attached hydrogens (primary N) is 1. The normalized spacial score (nSPS) is 17.2. The number of fused-ring (bicyclic) bond motifs is 15. The summed E-state index contributed by atoms with van der Waals surface area (Å²) in [7, 11) is -1.17. The summed E-state index contributed by atoms with van der Waals surface area (Å²) in [4.78, 5) is 41.0. The van der Waals surface area contributed by atoms with Gasteiger partial charge < -0.3 is 45.8 Å². The van der Waals surface area contributed by atoms with Gasteiger partial charge in [0.15, 0.2) is 0 Å². The second-order valence-electron chi connectivity index (χ2n) is 11.5. The molecule has 6 N–H and O–H groups in total. The smallest absolute Gasteiger partial charge is 0.276 e. The number of aliphatic imine (C=N–C) groups is 1. The molecule has 15 nitrogen and oxygen atoms in total. The molecule has 2 aliphatic rings. The van der Waals surface area contributed by atoms with E-state index in [2.05, 4.69) is 16.0 Å². The van der Waals surface area contributed by atoms with Crippen LogP contribution >= 0.6 is 0 Å². The van der Waals surface area contributed by atoms with Crippen LogP contribution in [0.2, 0.25) is 0 Å². The zero-order valence-corrected chi connectivity index (χ0v) is 30.9. The van der Waals surface area contributed by atoms with Crippen LogP contribution in [0.5, 0.6) is 5.75 Å². The van der Waals surface area contributed by atoms with Gasteiger partial charge in [-0.05, 0) is 50.1 Å². The highest BCUT2D eigenvalue weighted by molar-refractivity contribution is 7.89. The van der Waals surface area contributed by atoms with E-state index in [1.807, 2.05) is 33.0 Å². The standard InChI is InChI=1S/C34H48N6O8S.CH4O/c1-24(2)31-26-10-12-28(13-11-26)49(44,45)40(15-6-9-30(42)37-14-17-41)16-18-46-19-20-47-21-22-48-33-27(23-36-4)7-5-8-29(33)38-34(43)32(39-31)25(3)35;1-2/h5,7-8,10-13,17,24,36H,6,9,14-16,18-23,35H2,1-4H3,(H,37,42)(H,38,43);2H,1H3/b32-25+,39-31?;. The lowest BCUT2D eigenvalue weighted by atomic mass is 9.99. The van der Waals surface area contributed by atoms with Gasteiger partial charge in [0.25, 0.3) is 5.91 Å². The number of hydrogen-bond donors (Lipinski definition) is 5. The lowest BCUT2D eigenvalue weighted by Crippen LogP contribution is -2.36. The number of hydrogen-bond acceptors (Lipinski definition) is 12. The van der Waals surface area contributed by atoms with Crippen molar-refractivity contribution in [2.45, 2.75) is 45.1 Å². The summed E-state index contributed by atoms with van der Waals surface area (Å²) >= 11 is 0. The third kappa shape index (κ3) is 13.5. The highest BCUT2D eigenvalue weighted by Gasteiger charge is 2.25. The molecule has 0 aliphatic carbocycles. The molecule has 2 bridgehead atoms. The molecule has 0 unspecified atom stereocenters. The molecule has 2 amide bonds. The van der Waals surface area contributed by atoms with Crippen LogP contribution in [0.25, 0.3) is 0 Å². The summed E-state index contributed by atoms with van der Waals surface area (Å²) in [6.45, 7) is 6.92. The first kappa shape index (κ1) is 43.0. The fourth-order valence-electron chi connectivity index (χ4n) is 4.98. The third-order valence-electron chi connectivity index (χ3n) is 7.39. The SMILES string of the molecule is CNCc1cccc2c1OCCOCCOCCN(CCCC(=O)NCC=O)S(=O)(=O)c1ccc(cc1)C(C(C)C)=N/C(=C(\C)N)C(=O)N2.CO. The highest BCUT2D eigenvalue weighted by Crippen LogP contribution is 2.30. The molecule has 51 heavy (non-hydrogen) atoms. The van der Waals surface area contributed by atoms with Crippen LogP contribution in [0.15, 0.2) is 63.7 Å². The van der Waals surface area contributed by atoms with Crippen LogP contribution in [-0.4, -0.2) is 108 Å². The molecule has 4 rings (SSSR count). The van der Waals surface area contributed by atoms with E-state index in [9.17, 15) is 22.8 Å². The first-order valence-corrected chi connectivity index (χ1v) is 18.1. The number of aliphatic hydroxyl groups excluding tert-OH is 1. The molecule has 0 aromatic heterocycles. The van der Waals surface area contributed by atoms with E-state index in [0.717, 1.165) is 12.7 Å². The quantitative estimate of drug-likeness (QED) is 0.143. The number of benzene rings is 2. The number of amides is 2. The Morgan fingerprint density at radius 3 is 2.37 bits per heavy atom. The predicted octanol–water partition coefficient (Wildman–Crippen LogP) is 1.80. The minimum Gasteiger partial charge on any atom is -0.489 e. The van der Waals surface area contributed by atoms with Crippen molar-refractivity contribution in [1.29, 1.82) is 0 Å². The van der Waals surface area contributed by atoms with Crippen molar-refractivity contribution in [3.05, 3.63) is 65.0 Å². The van der Waals surface area contributed by atoms with Gasteiger partial charge in [0.05, 0.1) is 49.3 Å². The van der Waals surface area contributed by atoms with Gasteiger partial charge in [0.2, 0.25) is 15.9 Å². The van der Waals surface area contributed by atoms with Gasteiger partial charge in [0, 0.05) is 44.4 Å². The Balaban J connectivity index is 0.00000442. The Labute approximate surface area is 300 Å². The van der Waals surface area contributed by atoms with Crippen molar-refractivity contribution in [2.24, 2.45) is 16.6 Å². The molecular weight excluding hydrogens is 680 g/mol. The van der Waals surface area contributed by atoms with E-state index in [4.69, 9.17) is 30.0 Å². The maximum Gasteiger partial charge on any atom is 0.276 e. The van der Waals surface area contributed by atoms with E-state index < -0.39 is 15.9 Å². The van der Waals surface area contributed by atoms with Crippen LogP contribution in [0, 0.1) is 5.92 Å². The number of para-hydroxylation sites is 1. The molecule has 0 fully saturated rings. The number of nitrogens with one attached hydrogen (secondary N) is 3. The lowest BCUT2D eigenvalue weighted by Gasteiger charge is -2.23. The van der Waals surface area contributed by atoms with Crippen molar-refractivity contribution in [1.82, 2.24) is 14.9 Å². The van der Waals surface area contributed by atoms with Gasteiger partial charge in [-0.3, -0.25) is 9.59 Å². The maximum atomic E-state index is 13.8. The molecule has 2 aliphatic heterocycles. The van der Waals surface area contributed by atoms with E-state index in [1.165, 1.54) is 16.4 Å². The summed E-state index contributed by atoms with van der Waals surface area (Å²) in [6, 6.07) is 11.7. The van der Waals surface area contributed by atoms with Crippen LogP contribution in [0.1, 0.15) is 44.7 Å². The number of carbonyl (C=O) groups excluding carboxylic acids is 3. The highest BCUT2D eigenvalue weighted by atomic mass is 32.2. The minimum atomic E-state index is -3.99. The molecule has 0 saturated carbocycles. The number of sulfonamides is 1. The topological polar surface area (TPSA) is 211 Å². The van der Waals surface area contributed by atoms with Gasteiger partial charge in [-0.1, -0.05) is 38.1 Å². The minimum absolute atomic E-state index is 0.0131. The van der Waals surface area contributed by atoms with Crippen molar-refractivity contribution in [2.75, 3.05) is 72.1 Å². The fraction of sp³-hybridized carbons (Fsp3) is 0.486. The number of allylic oxidation sites excluding steroid dienone is 1. The largest absolute Gasteiger partial charge is 0.489 e. The molecule has 2 aromatic carbocycles. The van der Waals surface area contributed by atoms with Crippen molar-refractivity contribution >= 4 is 39.5 Å². The molecule has 2 aromatic rings. The van der Waals surface area contributed by atoms with Crippen molar-refractivity contribution in [3.8, 4) is 5.75 Å². The second-order valence-corrected chi connectivity index (χ2v) is 13.5. The number of nitrogens with zero attached hydrogens (tertiary/aromatic N) is 2. The second kappa shape index (κ2) is 22.6. The van der Waals surface area contributed by atoms with E-state index in [1.54, 1.807) is 25.1 Å². The molecule has 2 heterocycles. The Hall–Kier alpha value is -4.19. The maximum absolute atomic E-state index is 13.8. The fourth-order valence-corrected chi connectivity index (χ4v) is 6.44. The number of anilines is 1. The third-order valence-corrected chi connectivity index (χ3v) is 9.31. The van der Waals surface area contributed by atoms with Gasteiger partial charge in [0.1, 0.15) is 24.3 Å². The molecule has 282 valence electrons. The molecule has 0 saturated heterocycles. The summed E-state index contributed by atoms with van der Waals surface area (Å²) < 4.78 is 46.3. The number of rotatable bonds is 9.